The topological polar surface area (TPSA) is 39.7 Å². The highest BCUT2D eigenvalue weighted by atomic mass is 16.5. The molecule has 1 fully saturated rings. The van der Waals surface area contributed by atoms with Crippen LogP contribution in [0.2, 0.25) is 0 Å². The molecule has 1 aliphatic rings. The van der Waals surface area contributed by atoms with Crippen LogP contribution in [0.5, 0.6) is 0 Å². The average Bonchev–Trinajstić information content (AvgIpc) is 2.29. The average molecular weight is 217 g/mol. The molecule has 0 aromatic heterocycles. The fourth-order valence-corrected chi connectivity index (χ4v) is 1.41. The zero-order valence-corrected chi connectivity index (χ0v) is 9.67. The fourth-order valence-electron chi connectivity index (χ4n) is 1.41. The highest BCUT2D eigenvalue weighted by molar-refractivity contribution is 4.65. The van der Waals surface area contributed by atoms with Gasteiger partial charge in [-0.15, -0.1) is 0 Å². The van der Waals surface area contributed by atoms with Gasteiger partial charge in [0.1, 0.15) is 0 Å². The van der Waals surface area contributed by atoms with Gasteiger partial charge >= 0.3 is 0 Å². The SMILES string of the molecule is CCCCOCCOCC1CNCCO1. The van der Waals surface area contributed by atoms with Gasteiger partial charge in [0, 0.05) is 19.7 Å². The smallest absolute Gasteiger partial charge is 0.0933 e. The Morgan fingerprint density at radius 3 is 2.87 bits per heavy atom. The third-order valence-corrected chi connectivity index (χ3v) is 2.32. The van der Waals surface area contributed by atoms with Crippen molar-refractivity contribution in [1.82, 2.24) is 5.32 Å². The first-order valence-corrected chi connectivity index (χ1v) is 5.91. The van der Waals surface area contributed by atoms with Crippen LogP contribution in [0, 0.1) is 0 Å². The van der Waals surface area contributed by atoms with E-state index in [0.29, 0.717) is 19.8 Å². The Morgan fingerprint density at radius 1 is 1.27 bits per heavy atom. The number of nitrogens with one attached hydrogen (secondary N) is 1. The van der Waals surface area contributed by atoms with Gasteiger partial charge in [0.05, 0.1) is 32.5 Å². The summed E-state index contributed by atoms with van der Waals surface area (Å²) in [7, 11) is 0. The normalized spacial score (nSPS) is 21.8. The number of ether oxygens (including phenoxy) is 3. The molecule has 15 heavy (non-hydrogen) atoms. The van der Waals surface area contributed by atoms with Crippen molar-refractivity contribution in [3.63, 3.8) is 0 Å². The van der Waals surface area contributed by atoms with Gasteiger partial charge in [-0.05, 0) is 6.42 Å². The lowest BCUT2D eigenvalue weighted by Gasteiger charge is -2.23. The number of morpholine rings is 1. The minimum Gasteiger partial charge on any atom is -0.379 e. The maximum absolute atomic E-state index is 5.49. The van der Waals surface area contributed by atoms with Gasteiger partial charge in [0.2, 0.25) is 0 Å². The third kappa shape index (κ3) is 6.84. The van der Waals surface area contributed by atoms with Crippen LogP contribution in [0.1, 0.15) is 19.8 Å². The first-order chi connectivity index (χ1) is 7.43. The van der Waals surface area contributed by atoms with Crippen LogP contribution < -0.4 is 5.32 Å². The summed E-state index contributed by atoms with van der Waals surface area (Å²) in [5.41, 5.74) is 0. The Morgan fingerprint density at radius 2 is 2.13 bits per heavy atom. The molecule has 0 amide bonds. The second-order valence-corrected chi connectivity index (χ2v) is 3.74. The van der Waals surface area contributed by atoms with Crippen LogP contribution in [0.3, 0.4) is 0 Å². The van der Waals surface area contributed by atoms with Gasteiger partial charge < -0.3 is 19.5 Å². The van der Waals surface area contributed by atoms with Crippen molar-refractivity contribution >= 4 is 0 Å². The lowest BCUT2D eigenvalue weighted by molar-refractivity contribution is -0.0429. The van der Waals surface area contributed by atoms with E-state index in [1.54, 1.807) is 0 Å². The van der Waals surface area contributed by atoms with Crippen LogP contribution in [0.4, 0.5) is 0 Å². The van der Waals surface area contributed by atoms with Gasteiger partial charge in [-0.1, -0.05) is 13.3 Å². The fraction of sp³-hybridized carbons (Fsp3) is 1.00. The van der Waals surface area contributed by atoms with E-state index < -0.39 is 0 Å². The van der Waals surface area contributed by atoms with Crippen molar-refractivity contribution in [2.45, 2.75) is 25.9 Å². The first-order valence-electron chi connectivity index (χ1n) is 5.91. The van der Waals surface area contributed by atoms with Crippen molar-refractivity contribution in [3.05, 3.63) is 0 Å². The molecule has 1 N–H and O–H groups in total. The van der Waals surface area contributed by atoms with E-state index in [4.69, 9.17) is 14.2 Å². The number of hydrogen-bond donors (Lipinski definition) is 1. The Hall–Kier alpha value is -0.160. The molecule has 0 saturated carbocycles. The van der Waals surface area contributed by atoms with Gasteiger partial charge in [-0.3, -0.25) is 0 Å². The van der Waals surface area contributed by atoms with E-state index in [-0.39, 0.29) is 6.10 Å². The number of unbranched alkanes of at least 4 members (excludes halogenated alkanes) is 1. The van der Waals surface area contributed by atoms with E-state index in [9.17, 15) is 0 Å². The van der Waals surface area contributed by atoms with Crippen LogP contribution in [-0.2, 0) is 14.2 Å². The molecule has 1 aliphatic heterocycles. The summed E-state index contributed by atoms with van der Waals surface area (Å²) in [6.45, 7) is 7.69. The molecule has 4 nitrogen and oxygen atoms in total. The summed E-state index contributed by atoms with van der Waals surface area (Å²) in [5, 5.41) is 3.27. The molecule has 1 atom stereocenters. The third-order valence-electron chi connectivity index (χ3n) is 2.32. The Balaban J connectivity index is 1.79. The van der Waals surface area contributed by atoms with E-state index in [1.165, 1.54) is 6.42 Å². The van der Waals surface area contributed by atoms with E-state index >= 15 is 0 Å². The van der Waals surface area contributed by atoms with Crippen molar-refractivity contribution in [2.75, 3.05) is 46.1 Å². The molecule has 1 rings (SSSR count). The monoisotopic (exact) mass is 217 g/mol. The Bertz CT molecular complexity index is 138. The minimum absolute atomic E-state index is 0.217. The molecule has 1 heterocycles. The summed E-state index contributed by atoms with van der Waals surface area (Å²) in [6, 6.07) is 0. The second kappa shape index (κ2) is 9.09. The molecule has 1 unspecified atom stereocenters. The number of hydrogen-bond acceptors (Lipinski definition) is 4. The van der Waals surface area contributed by atoms with Crippen molar-refractivity contribution in [2.24, 2.45) is 0 Å². The predicted molar refractivity (Wildman–Crippen MR) is 59.2 cm³/mol. The van der Waals surface area contributed by atoms with Crippen molar-refractivity contribution < 1.29 is 14.2 Å². The molecule has 0 spiro atoms. The molecular formula is C11H23NO3. The minimum atomic E-state index is 0.217. The predicted octanol–water partition coefficient (Wildman–Crippen LogP) is 0.808. The van der Waals surface area contributed by atoms with Crippen molar-refractivity contribution in [3.8, 4) is 0 Å². The quantitative estimate of drug-likeness (QED) is 0.611. The zero-order chi connectivity index (χ0) is 10.8. The molecule has 0 aromatic carbocycles. The molecule has 0 aromatic rings. The maximum atomic E-state index is 5.49. The first kappa shape index (κ1) is 12.9. The van der Waals surface area contributed by atoms with E-state index in [0.717, 1.165) is 32.7 Å². The largest absolute Gasteiger partial charge is 0.379 e. The molecule has 4 heteroatoms. The second-order valence-electron chi connectivity index (χ2n) is 3.74. The molecule has 90 valence electrons. The lowest BCUT2D eigenvalue weighted by atomic mass is 10.3. The number of rotatable bonds is 8. The van der Waals surface area contributed by atoms with E-state index in [2.05, 4.69) is 12.2 Å². The Labute approximate surface area is 92.3 Å². The summed E-state index contributed by atoms with van der Waals surface area (Å²) in [6.07, 6.45) is 2.53. The Kier molecular flexibility index (Phi) is 7.83. The molecular weight excluding hydrogens is 194 g/mol. The van der Waals surface area contributed by atoms with Gasteiger partial charge in [0.25, 0.3) is 0 Å². The molecule has 0 aliphatic carbocycles. The summed E-state index contributed by atoms with van der Waals surface area (Å²) < 4.78 is 16.3. The van der Waals surface area contributed by atoms with Crippen LogP contribution >= 0.6 is 0 Å². The van der Waals surface area contributed by atoms with E-state index in [1.807, 2.05) is 0 Å². The highest BCUT2D eigenvalue weighted by Gasteiger charge is 2.12. The lowest BCUT2D eigenvalue weighted by Crippen LogP contribution is -2.41. The summed E-state index contributed by atoms with van der Waals surface area (Å²) in [5.74, 6) is 0. The summed E-state index contributed by atoms with van der Waals surface area (Å²) >= 11 is 0. The van der Waals surface area contributed by atoms with Crippen LogP contribution in [-0.4, -0.2) is 52.2 Å². The van der Waals surface area contributed by atoms with Crippen LogP contribution in [0.15, 0.2) is 0 Å². The zero-order valence-electron chi connectivity index (χ0n) is 9.67. The van der Waals surface area contributed by atoms with Crippen LogP contribution in [0.25, 0.3) is 0 Å². The molecule has 0 bridgehead atoms. The van der Waals surface area contributed by atoms with Crippen molar-refractivity contribution in [1.29, 1.82) is 0 Å². The molecule has 1 saturated heterocycles. The maximum Gasteiger partial charge on any atom is 0.0933 e. The molecule has 0 radical (unpaired) electrons. The van der Waals surface area contributed by atoms with Gasteiger partial charge in [-0.25, -0.2) is 0 Å². The highest BCUT2D eigenvalue weighted by Crippen LogP contribution is 1.96. The standard InChI is InChI=1S/C11H23NO3/c1-2-3-5-13-7-8-14-10-11-9-12-4-6-15-11/h11-12H,2-10H2,1H3. The van der Waals surface area contributed by atoms with Gasteiger partial charge in [0.15, 0.2) is 0 Å². The van der Waals surface area contributed by atoms with Gasteiger partial charge in [-0.2, -0.15) is 0 Å². The summed E-state index contributed by atoms with van der Waals surface area (Å²) in [4.78, 5) is 0.